The van der Waals surface area contributed by atoms with Crippen LogP contribution in [0.1, 0.15) is 41.2 Å². The van der Waals surface area contributed by atoms with E-state index in [0.29, 0.717) is 36.3 Å². The SMILES string of the molecule is O=C(Nc1ccc2c(c1)C(=O)N1CCCC1C(=O)N2)C1CC(c2ccccc2)NN1. The number of nitrogens with zero attached hydrogens (tertiary/aromatic N) is 1. The standard InChI is InChI=1S/C22H23N5O3/c28-20(18-12-17(25-26-18)13-5-2-1-3-6-13)23-14-8-9-16-15(11-14)22(30)27-10-4-7-19(27)21(29)24-16/h1-3,5-6,8-9,11,17-19,25-26H,4,7,10,12H2,(H,23,28)(H,24,29). The van der Waals surface area contributed by atoms with E-state index in [1.165, 1.54) is 0 Å². The van der Waals surface area contributed by atoms with Gasteiger partial charge in [0.05, 0.1) is 11.3 Å². The second-order valence-corrected chi connectivity index (χ2v) is 7.94. The minimum absolute atomic E-state index is 0.0536. The molecule has 0 spiro atoms. The molecule has 3 heterocycles. The number of fused-ring (bicyclic) bond motifs is 2. The maximum atomic E-state index is 13.0. The van der Waals surface area contributed by atoms with E-state index in [1.54, 1.807) is 23.1 Å². The van der Waals surface area contributed by atoms with Gasteiger partial charge < -0.3 is 15.5 Å². The zero-order chi connectivity index (χ0) is 20.7. The number of hydrogen-bond acceptors (Lipinski definition) is 5. The van der Waals surface area contributed by atoms with Gasteiger partial charge in [-0.05, 0) is 43.0 Å². The normalized spacial score (nSPS) is 25.3. The topological polar surface area (TPSA) is 103 Å². The van der Waals surface area contributed by atoms with E-state index < -0.39 is 12.1 Å². The molecule has 154 valence electrons. The molecule has 30 heavy (non-hydrogen) atoms. The van der Waals surface area contributed by atoms with Crippen LogP contribution >= 0.6 is 0 Å². The summed E-state index contributed by atoms with van der Waals surface area (Å²) in [5.74, 6) is -0.499. The van der Waals surface area contributed by atoms with Crippen molar-refractivity contribution >= 4 is 29.1 Å². The van der Waals surface area contributed by atoms with E-state index in [1.807, 2.05) is 30.3 Å². The summed E-state index contributed by atoms with van der Waals surface area (Å²) in [5, 5.41) is 5.74. The van der Waals surface area contributed by atoms with Crippen molar-refractivity contribution in [1.82, 2.24) is 15.8 Å². The van der Waals surface area contributed by atoms with Gasteiger partial charge in [-0.2, -0.15) is 0 Å². The van der Waals surface area contributed by atoms with E-state index in [2.05, 4.69) is 21.5 Å². The molecule has 2 aromatic carbocycles. The molecule has 3 amide bonds. The third-order valence-electron chi connectivity index (χ3n) is 6.01. The maximum absolute atomic E-state index is 13.0. The van der Waals surface area contributed by atoms with Crippen LogP contribution in [0.15, 0.2) is 48.5 Å². The second-order valence-electron chi connectivity index (χ2n) is 7.94. The average Bonchev–Trinajstić information content (AvgIpc) is 3.43. The maximum Gasteiger partial charge on any atom is 0.256 e. The van der Waals surface area contributed by atoms with Gasteiger partial charge in [0.25, 0.3) is 5.91 Å². The van der Waals surface area contributed by atoms with Gasteiger partial charge in [-0.15, -0.1) is 0 Å². The Balaban J connectivity index is 1.31. The van der Waals surface area contributed by atoms with Gasteiger partial charge >= 0.3 is 0 Å². The van der Waals surface area contributed by atoms with Crippen molar-refractivity contribution in [1.29, 1.82) is 0 Å². The molecule has 2 fully saturated rings. The summed E-state index contributed by atoms with van der Waals surface area (Å²) in [6, 6.07) is 14.2. The van der Waals surface area contributed by atoms with Crippen molar-refractivity contribution in [2.24, 2.45) is 0 Å². The molecule has 0 aromatic heterocycles. The van der Waals surface area contributed by atoms with E-state index in [0.717, 1.165) is 12.0 Å². The van der Waals surface area contributed by atoms with Crippen LogP contribution in [0.25, 0.3) is 0 Å². The van der Waals surface area contributed by atoms with Crippen LogP contribution in [0.5, 0.6) is 0 Å². The largest absolute Gasteiger partial charge is 0.327 e. The molecule has 5 rings (SSSR count). The highest BCUT2D eigenvalue weighted by Crippen LogP contribution is 2.31. The van der Waals surface area contributed by atoms with Crippen molar-refractivity contribution < 1.29 is 14.4 Å². The fourth-order valence-corrected chi connectivity index (χ4v) is 4.42. The van der Waals surface area contributed by atoms with E-state index >= 15 is 0 Å². The van der Waals surface area contributed by atoms with Crippen molar-refractivity contribution in [3.63, 3.8) is 0 Å². The molecule has 3 aliphatic heterocycles. The Hall–Kier alpha value is -3.23. The van der Waals surface area contributed by atoms with E-state index in [9.17, 15) is 14.4 Å². The fraction of sp³-hybridized carbons (Fsp3) is 0.318. The highest BCUT2D eigenvalue weighted by Gasteiger charge is 2.38. The lowest BCUT2D eigenvalue weighted by atomic mass is 10.0. The van der Waals surface area contributed by atoms with Crippen LogP contribution in [0.4, 0.5) is 11.4 Å². The number of carbonyl (C=O) groups is 3. The van der Waals surface area contributed by atoms with Crippen LogP contribution in [-0.4, -0.2) is 41.2 Å². The third-order valence-corrected chi connectivity index (χ3v) is 6.01. The first kappa shape index (κ1) is 18.8. The molecule has 0 aliphatic carbocycles. The van der Waals surface area contributed by atoms with Gasteiger partial charge in [-0.25, -0.2) is 10.9 Å². The number of carbonyl (C=O) groups excluding carboxylic acids is 3. The summed E-state index contributed by atoms with van der Waals surface area (Å²) >= 11 is 0. The number of nitrogens with one attached hydrogen (secondary N) is 4. The Morgan fingerprint density at radius 3 is 2.73 bits per heavy atom. The molecule has 4 N–H and O–H groups in total. The average molecular weight is 405 g/mol. The zero-order valence-electron chi connectivity index (χ0n) is 16.4. The molecule has 3 atom stereocenters. The summed E-state index contributed by atoms with van der Waals surface area (Å²) in [7, 11) is 0. The lowest BCUT2D eigenvalue weighted by Crippen LogP contribution is -2.40. The predicted molar refractivity (Wildman–Crippen MR) is 112 cm³/mol. The summed E-state index contributed by atoms with van der Waals surface area (Å²) in [4.78, 5) is 39.7. The summed E-state index contributed by atoms with van der Waals surface area (Å²) in [6.07, 6.45) is 2.11. The minimum Gasteiger partial charge on any atom is -0.327 e. The monoisotopic (exact) mass is 405 g/mol. The molecule has 0 bridgehead atoms. The fourth-order valence-electron chi connectivity index (χ4n) is 4.42. The molecule has 0 radical (unpaired) electrons. The third kappa shape index (κ3) is 3.34. The number of anilines is 2. The molecule has 8 nitrogen and oxygen atoms in total. The van der Waals surface area contributed by atoms with Crippen molar-refractivity contribution in [3.05, 3.63) is 59.7 Å². The van der Waals surface area contributed by atoms with Gasteiger partial charge in [0.15, 0.2) is 0 Å². The van der Waals surface area contributed by atoms with Crippen molar-refractivity contribution in [2.45, 2.75) is 37.4 Å². The quantitative estimate of drug-likeness (QED) is 0.624. The molecular formula is C22H23N5O3. The van der Waals surface area contributed by atoms with Crippen LogP contribution in [0, 0.1) is 0 Å². The molecular weight excluding hydrogens is 382 g/mol. The Bertz CT molecular complexity index is 1010. The Morgan fingerprint density at radius 2 is 1.90 bits per heavy atom. The summed E-state index contributed by atoms with van der Waals surface area (Å²) in [6.45, 7) is 0.575. The van der Waals surface area contributed by atoms with Gasteiger partial charge in [-0.1, -0.05) is 30.3 Å². The second kappa shape index (κ2) is 7.55. The zero-order valence-corrected chi connectivity index (χ0v) is 16.4. The van der Waals surface area contributed by atoms with Crippen LogP contribution in [0.3, 0.4) is 0 Å². The molecule has 8 heteroatoms. The molecule has 3 unspecified atom stereocenters. The number of benzene rings is 2. The van der Waals surface area contributed by atoms with Crippen molar-refractivity contribution in [3.8, 4) is 0 Å². The van der Waals surface area contributed by atoms with E-state index in [-0.39, 0.29) is 23.8 Å². The summed E-state index contributed by atoms with van der Waals surface area (Å²) in [5.41, 5.74) is 8.76. The lowest BCUT2D eigenvalue weighted by molar-refractivity contribution is -0.119. The van der Waals surface area contributed by atoms with Gasteiger partial charge in [0, 0.05) is 18.3 Å². The molecule has 2 saturated heterocycles. The first-order valence-corrected chi connectivity index (χ1v) is 10.2. The Labute approximate surface area is 174 Å². The predicted octanol–water partition coefficient (Wildman–Crippen LogP) is 1.79. The van der Waals surface area contributed by atoms with Gasteiger partial charge in [0.1, 0.15) is 12.1 Å². The van der Waals surface area contributed by atoms with Crippen LogP contribution < -0.4 is 21.5 Å². The Morgan fingerprint density at radius 1 is 1.07 bits per heavy atom. The number of hydrogen-bond donors (Lipinski definition) is 4. The van der Waals surface area contributed by atoms with Crippen molar-refractivity contribution in [2.75, 3.05) is 17.2 Å². The smallest absolute Gasteiger partial charge is 0.256 e. The number of hydrazine groups is 1. The molecule has 3 aliphatic rings. The molecule has 2 aromatic rings. The number of rotatable bonds is 3. The number of amides is 3. The Kier molecular flexibility index (Phi) is 4.72. The van der Waals surface area contributed by atoms with Crippen LogP contribution in [-0.2, 0) is 9.59 Å². The van der Waals surface area contributed by atoms with Gasteiger partial charge in [0.2, 0.25) is 11.8 Å². The highest BCUT2D eigenvalue weighted by atomic mass is 16.2. The first-order chi connectivity index (χ1) is 14.6. The minimum atomic E-state index is -0.411. The van der Waals surface area contributed by atoms with E-state index in [4.69, 9.17) is 0 Å². The lowest BCUT2D eigenvalue weighted by Gasteiger charge is -2.20. The van der Waals surface area contributed by atoms with Gasteiger partial charge in [-0.3, -0.25) is 14.4 Å². The highest BCUT2D eigenvalue weighted by molar-refractivity contribution is 6.11. The summed E-state index contributed by atoms with van der Waals surface area (Å²) < 4.78 is 0. The van der Waals surface area contributed by atoms with Crippen LogP contribution in [0.2, 0.25) is 0 Å². The first-order valence-electron chi connectivity index (χ1n) is 10.2. The molecule has 0 saturated carbocycles.